The van der Waals surface area contributed by atoms with Crippen LogP contribution < -0.4 is 14.8 Å². The maximum absolute atomic E-state index is 13.9. The highest BCUT2D eigenvalue weighted by atomic mass is 35.5. The lowest BCUT2D eigenvalue weighted by Gasteiger charge is -2.39. The van der Waals surface area contributed by atoms with Crippen LogP contribution in [0.1, 0.15) is 28.8 Å². The molecule has 2 atom stereocenters. The number of ether oxygens (including phenoxy) is 2. The van der Waals surface area contributed by atoms with Gasteiger partial charge >= 0.3 is 0 Å². The number of hydrogen-bond acceptors (Lipinski definition) is 6. The van der Waals surface area contributed by atoms with Gasteiger partial charge in [-0.2, -0.15) is 4.98 Å². The molecule has 0 aliphatic carbocycles. The molecule has 0 saturated carbocycles. The first-order valence-corrected chi connectivity index (χ1v) is 12.5. The summed E-state index contributed by atoms with van der Waals surface area (Å²) in [5.74, 6) is 1.76. The van der Waals surface area contributed by atoms with Gasteiger partial charge in [0.2, 0.25) is 11.1 Å². The minimum absolute atomic E-state index is 0.302. The van der Waals surface area contributed by atoms with Crippen molar-refractivity contribution in [2.45, 2.75) is 17.3 Å². The Morgan fingerprint density at radius 1 is 1.06 bits per heavy atom. The standard InChI is InChI=1S/C26H20ClFN4O2S/c1-33-18-10-5-15(6-11-18)24-21-22(19-13-16(27)7-12-20(19)34-24)29-25-30-26(35-2)31-32(25)23(21)14-3-8-17(28)9-4-14/h3-13,23-24H,1-2H3,(H,29,30,31). The van der Waals surface area contributed by atoms with Crippen LogP contribution in [0.2, 0.25) is 5.02 Å². The molecule has 0 spiro atoms. The van der Waals surface area contributed by atoms with E-state index >= 15 is 0 Å². The van der Waals surface area contributed by atoms with Gasteiger partial charge in [0.25, 0.3) is 0 Å². The molecule has 6 rings (SSSR count). The largest absolute Gasteiger partial charge is 0.497 e. The highest BCUT2D eigenvalue weighted by molar-refractivity contribution is 7.98. The molecule has 0 radical (unpaired) electrons. The van der Waals surface area contributed by atoms with Gasteiger partial charge in [-0.05, 0) is 59.8 Å². The van der Waals surface area contributed by atoms with Crippen LogP contribution in [-0.2, 0) is 0 Å². The van der Waals surface area contributed by atoms with Gasteiger partial charge in [-0.1, -0.05) is 47.6 Å². The Bertz CT molecular complexity index is 1450. The summed E-state index contributed by atoms with van der Waals surface area (Å²) in [4.78, 5) is 4.67. The zero-order chi connectivity index (χ0) is 24.1. The summed E-state index contributed by atoms with van der Waals surface area (Å²) in [6, 6.07) is 19.4. The molecule has 35 heavy (non-hydrogen) atoms. The first kappa shape index (κ1) is 22.0. The number of rotatable bonds is 4. The topological polar surface area (TPSA) is 61.2 Å². The molecule has 4 aromatic rings. The number of thioether (sulfide) groups is 1. The number of nitrogens with zero attached hydrogens (tertiary/aromatic N) is 3. The highest BCUT2D eigenvalue weighted by Crippen LogP contribution is 2.51. The van der Waals surface area contributed by atoms with Gasteiger partial charge in [-0.25, -0.2) is 9.07 Å². The number of nitrogens with one attached hydrogen (secondary N) is 1. The molecule has 0 bridgehead atoms. The summed E-state index contributed by atoms with van der Waals surface area (Å²) >= 11 is 7.85. The molecule has 0 saturated heterocycles. The van der Waals surface area contributed by atoms with Crippen molar-refractivity contribution in [1.82, 2.24) is 14.8 Å². The molecule has 1 aromatic heterocycles. The SMILES string of the molecule is COc1ccc(C2Oc3ccc(Cl)cc3C3=C2C(c2ccc(F)cc2)n2nc(SC)nc2N3)cc1. The Morgan fingerprint density at radius 3 is 2.51 bits per heavy atom. The smallest absolute Gasteiger partial charge is 0.227 e. The molecule has 9 heteroatoms. The van der Waals surface area contributed by atoms with E-state index in [-0.39, 0.29) is 11.9 Å². The van der Waals surface area contributed by atoms with Crippen molar-refractivity contribution >= 4 is 35.0 Å². The lowest BCUT2D eigenvalue weighted by Crippen LogP contribution is -2.32. The second kappa shape index (κ2) is 8.62. The van der Waals surface area contributed by atoms with Crippen LogP contribution in [0, 0.1) is 5.82 Å². The second-order valence-corrected chi connectivity index (χ2v) is 9.40. The van der Waals surface area contributed by atoms with Crippen molar-refractivity contribution in [1.29, 1.82) is 0 Å². The fraction of sp³-hybridized carbons (Fsp3) is 0.154. The van der Waals surface area contributed by atoms with Crippen molar-refractivity contribution in [3.63, 3.8) is 0 Å². The Hall–Kier alpha value is -3.49. The Labute approximate surface area is 210 Å². The summed E-state index contributed by atoms with van der Waals surface area (Å²) in [5, 5.41) is 9.46. The average molecular weight is 507 g/mol. The molecule has 176 valence electrons. The minimum atomic E-state index is -0.442. The molecule has 3 aromatic carbocycles. The van der Waals surface area contributed by atoms with Gasteiger partial charge in [0.1, 0.15) is 29.5 Å². The fourth-order valence-corrected chi connectivity index (χ4v) is 5.11. The summed E-state index contributed by atoms with van der Waals surface area (Å²) in [5.41, 5.74) is 4.44. The zero-order valence-corrected chi connectivity index (χ0v) is 20.4. The molecule has 2 aliphatic heterocycles. The predicted molar refractivity (Wildman–Crippen MR) is 135 cm³/mol. The number of fused-ring (bicyclic) bond motifs is 3. The van der Waals surface area contributed by atoms with Crippen LogP contribution in [0.3, 0.4) is 0 Å². The monoisotopic (exact) mass is 506 g/mol. The maximum Gasteiger partial charge on any atom is 0.227 e. The minimum Gasteiger partial charge on any atom is -0.497 e. The zero-order valence-electron chi connectivity index (χ0n) is 18.8. The van der Waals surface area contributed by atoms with E-state index in [4.69, 9.17) is 26.2 Å². The van der Waals surface area contributed by atoms with E-state index < -0.39 is 6.10 Å². The highest BCUT2D eigenvalue weighted by Gasteiger charge is 2.41. The summed E-state index contributed by atoms with van der Waals surface area (Å²) in [7, 11) is 1.64. The van der Waals surface area contributed by atoms with Gasteiger partial charge in [-0.15, -0.1) is 5.10 Å². The van der Waals surface area contributed by atoms with E-state index in [9.17, 15) is 4.39 Å². The summed E-state index contributed by atoms with van der Waals surface area (Å²) < 4.78 is 27.7. The third kappa shape index (κ3) is 3.73. The van der Waals surface area contributed by atoms with Crippen molar-refractivity contribution in [3.8, 4) is 11.5 Å². The van der Waals surface area contributed by atoms with E-state index in [2.05, 4.69) is 10.3 Å². The first-order valence-electron chi connectivity index (χ1n) is 10.9. The lowest BCUT2D eigenvalue weighted by atomic mass is 9.84. The van der Waals surface area contributed by atoms with E-state index in [1.807, 2.05) is 53.4 Å². The van der Waals surface area contributed by atoms with Crippen LogP contribution >= 0.6 is 23.4 Å². The molecule has 0 fully saturated rings. The summed E-state index contributed by atoms with van der Waals surface area (Å²) in [6.07, 6.45) is 1.49. The molecule has 2 unspecified atom stereocenters. The second-order valence-electron chi connectivity index (χ2n) is 8.19. The van der Waals surface area contributed by atoms with Gasteiger partial charge in [0.05, 0.1) is 12.8 Å². The number of hydrogen-bond donors (Lipinski definition) is 1. The molecule has 6 nitrogen and oxygen atoms in total. The molecule has 2 aliphatic rings. The third-order valence-electron chi connectivity index (χ3n) is 6.20. The fourth-order valence-electron chi connectivity index (χ4n) is 4.59. The van der Waals surface area contributed by atoms with Gasteiger partial charge < -0.3 is 14.8 Å². The number of methoxy groups -OCH3 is 1. The number of benzene rings is 3. The van der Waals surface area contributed by atoms with E-state index in [1.165, 1.54) is 23.9 Å². The van der Waals surface area contributed by atoms with Crippen LogP contribution in [0.4, 0.5) is 10.3 Å². The Morgan fingerprint density at radius 2 is 1.80 bits per heavy atom. The maximum atomic E-state index is 13.9. The Kier molecular flexibility index (Phi) is 5.42. The average Bonchev–Trinajstić information content (AvgIpc) is 3.31. The number of halogens is 2. The quantitative estimate of drug-likeness (QED) is 0.325. The van der Waals surface area contributed by atoms with Crippen molar-refractivity contribution in [2.75, 3.05) is 18.7 Å². The van der Waals surface area contributed by atoms with Crippen molar-refractivity contribution < 1.29 is 13.9 Å². The van der Waals surface area contributed by atoms with E-state index in [0.717, 1.165) is 33.7 Å². The summed E-state index contributed by atoms with van der Waals surface area (Å²) in [6.45, 7) is 0. The molecule has 1 N–H and O–H groups in total. The first-order chi connectivity index (χ1) is 17.1. The van der Waals surface area contributed by atoms with Crippen LogP contribution in [-0.4, -0.2) is 28.1 Å². The normalized spacial score (nSPS) is 18.2. The van der Waals surface area contributed by atoms with Gasteiger partial charge in [0.15, 0.2) is 0 Å². The van der Waals surface area contributed by atoms with Crippen molar-refractivity contribution in [3.05, 3.63) is 99.8 Å². The van der Waals surface area contributed by atoms with Crippen LogP contribution in [0.15, 0.2) is 77.5 Å². The van der Waals surface area contributed by atoms with Crippen LogP contribution in [0.25, 0.3) is 5.70 Å². The molecular formula is C26H20ClFN4O2S. The van der Waals surface area contributed by atoms with Gasteiger partial charge in [0, 0.05) is 16.2 Å². The van der Waals surface area contributed by atoms with E-state index in [1.54, 1.807) is 19.2 Å². The number of aromatic nitrogens is 3. The van der Waals surface area contributed by atoms with Gasteiger partial charge in [-0.3, -0.25) is 0 Å². The van der Waals surface area contributed by atoms with Crippen molar-refractivity contribution in [2.24, 2.45) is 0 Å². The predicted octanol–water partition coefficient (Wildman–Crippen LogP) is 6.36. The molecule has 3 heterocycles. The Balaban J connectivity index is 1.62. The lowest BCUT2D eigenvalue weighted by molar-refractivity contribution is 0.222. The van der Waals surface area contributed by atoms with E-state index in [0.29, 0.717) is 21.9 Å². The number of anilines is 1. The molecular weight excluding hydrogens is 487 g/mol. The van der Waals surface area contributed by atoms with Crippen LogP contribution in [0.5, 0.6) is 11.5 Å². The molecule has 0 amide bonds. The third-order valence-corrected chi connectivity index (χ3v) is 6.97.